The third-order valence-corrected chi connectivity index (χ3v) is 5.07. The molecule has 1 amide bonds. The number of carbonyl (C=O) groups is 2. The van der Waals surface area contributed by atoms with Crippen LogP contribution in [0.5, 0.6) is 0 Å². The Labute approximate surface area is 224 Å². The molecule has 0 fully saturated rings. The van der Waals surface area contributed by atoms with Crippen LogP contribution >= 0.6 is 0 Å². The first kappa shape index (κ1) is 30.3. The van der Waals surface area contributed by atoms with E-state index < -0.39 is 52.3 Å². The zero-order valence-corrected chi connectivity index (χ0v) is 20.6. The van der Waals surface area contributed by atoms with Crippen molar-refractivity contribution in [1.82, 2.24) is 19.9 Å². The predicted molar refractivity (Wildman–Crippen MR) is 130 cm³/mol. The molecule has 2 heterocycles. The molecule has 0 saturated carbocycles. The molecule has 4 aromatic rings. The summed E-state index contributed by atoms with van der Waals surface area (Å²) in [7, 11) is 1.10. The average Bonchev–Trinajstić information content (AvgIpc) is 2.91. The quantitative estimate of drug-likeness (QED) is 0.244. The molecule has 2 aromatic heterocycles. The van der Waals surface area contributed by atoms with E-state index in [9.17, 15) is 45.5 Å². The monoisotopic (exact) mass is 581 g/mol. The first-order valence-electron chi connectivity index (χ1n) is 11.0. The van der Waals surface area contributed by atoms with E-state index in [1.54, 1.807) is 0 Å². The van der Waals surface area contributed by atoms with Gasteiger partial charge in [-0.15, -0.1) is 0 Å². The standard InChI is InChI=1S/C13H9F3N2O3.C12H8F3N3O2/c1-21-12(20)11-17-9(6-10(19)18-11)7-3-2-4-8(5-7)13(14,15)16;13-12(14,15)7-3-1-2-6(4-7)8-5-9(19)18-11(17-8)10(16)20/h2-6H,1H3,(H,17,18,19);1-5H,(H2,16,20)(H,17,18,19). The Kier molecular flexibility index (Phi) is 8.75. The Morgan fingerprint density at radius 3 is 1.54 bits per heavy atom. The SMILES string of the molecule is COC(=O)c1nc(-c2cccc(C(F)(F)F)c2)cc(=O)[nH]1.NC(=O)c1nc(-c2cccc(C(F)(F)F)c2)cc(=O)[nH]1. The molecule has 0 radical (unpaired) electrons. The molecule has 2 aromatic carbocycles. The summed E-state index contributed by atoms with van der Waals surface area (Å²) in [4.78, 5) is 56.9. The van der Waals surface area contributed by atoms with Crippen LogP contribution in [0.2, 0.25) is 0 Å². The summed E-state index contributed by atoms with van der Waals surface area (Å²) in [5.41, 5.74) is 1.90. The number of alkyl halides is 6. The minimum Gasteiger partial charge on any atom is -0.463 e. The van der Waals surface area contributed by atoms with Gasteiger partial charge in [-0.25, -0.2) is 14.8 Å². The molecule has 0 aliphatic carbocycles. The summed E-state index contributed by atoms with van der Waals surface area (Å²) in [5, 5.41) is 0. The lowest BCUT2D eigenvalue weighted by molar-refractivity contribution is -0.138. The first-order valence-corrected chi connectivity index (χ1v) is 11.0. The molecule has 4 N–H and O–H groups in total. The van der Waals surface area contributed by atoms with Crippen molar-refractivity contribution in [1.29, 1.82) is 0 Å². The second-order valence-electron chi connectivity index (χ2n) is 7.97. The topological polar surface area (TPSA) is 161 Å². The third kappa shape index (κ3) is 7.87. The highest BCUT2D eigenvalue weighted by Crippen LogP contribution is 2.32. The zero-order chi connectivity index (χ0) is 30.5. The highest BCUT2D eigenvalue weighted by Gasteiger charge is 2.31. The van der Waals surface area contributed by atoms with Gasteiger partial charge >= 0.3 is 18.3 Å². The Bertz CT molecular complexity index is 1710. The summed E-state index contributed by atoms with van der Waals surface area (Å²) < 4.78 is 80.2. The number of aromatic nitrogens is 4. The van der Waals surface area contributed by atoms with Gasteiger partial charge in [0.25, 0.3) is 17.0 Å². The third-order valence-electron chi connectivity index (χ3n) is 5.07. The van der Waals surface area contributed by atoms with Crippen molar-refractivity contribution >= 4 is 11.9 Å². The number of ether oxygens (including phenoxy) is 1. The smallest absolute Gasteiger partial charge is 0.416 e. The average molecular weight is 581 g/mol. The fraction of sp³-hybridized carbons (Fsp3) is 0.120. The molecular weight excluding hydrogens is 564 g/mol. The fourth-order valence-electron chi connectivity index (χ4n) is 3.23. The van der Waals surface area contributed by atoms with E-state index in [0.29, 0.717) is 0 Å². The first-order chi connectivity index (χ1) is 19.1. The van der Waals surface area contributed by atoms with Gasteiger partial charge in [-0.3, -0.25) is 14.4 Å². The maximum absolute atomic E-state index is 12.7. The molecule has 0 saturated heterocycles. The number of nitrogens with one attached hydrogen (secondary N) is 2. The molecule has 0 aliphatic rings. The van der Waals surface area contributed by atoms with Crippen LogP contribution in [0.4, 0.5) is 26.3 Å². The lowest BCUT2D eigenvalue weighted by Crippen LogP contribution is -2.21. The Morgan fingerprint density at radius 2 is 1.15 bits per heavy atom. The molecule has 0 aliphatic heterocycles. The van der Waals surface area contributed by atoms with E-state index in [1.807, 2.05) is 0 Å². The molecule has 0 unspecified atom stereocenters. The van der Waals surface area contributed by atoms with Crippen molar-refractivity contribution in [3.8, 4) is 22.5 Å². The molecule has 0 bridgehead atoms. The maximum atomic E-state index is 12.7. The second-order valence-corrected chi connectivity index (χ2v) is 7.97. The van der Waals surface area contributed by atoms with Crippen molar-refractivity contribution in [2.75, 3.05) is 7.11 Å². The Balaban J connectivity index is 0.000000226. The predicted octanol–water partition coefficient (Wildman–Crippen LogP) is 3.80. The number of hydrogen-bond acceptors (Lipinski definition) is 7. The Morgan fingerprint density at radius 1 is 0.732 bits per heavy atom. The summed E-state index contributed by atoms with van der Waals surface area (Å²) in [6.07, 6.45) is -9.02. The number of hydrogen-bond donors (Lipinski definition) is 3. The van der Waals surface area contributed by atoms with Gasteiger partial charge in [0.2, 0.25) is 5.82 Å². The van der Waals surface area contributed by atoms with Gasteiger partial charge in [-0.2, -0.15) is 26.3 Å². The molecule has 214 valence electrons. The van der Waals surface area contributed by atoms with Crippen LogP contribution in [-0.4, -0.2) is 38.9 Å². The van der Waals surface area contributed by atoms with Crippen LogP contribution in [-0.2, 0) is 17.1 Å². The highest BCUT2D eigenvalue weighted by molar-refractivity contribution is 5.89. The van der Waals surface area contributed by atoms with Crippen LogP contribution in [0.1, 0.15) is 32.4 Å². The maximum Gasteiger partial charge on any atom is 0.416 e. The van der Waals surface area contributed by atoms with Gasteiger partial charge in [0, 0.05) is 23.3 Å². The van der Waals surface area contributed by atoms with Gasteiger partial charge in [0.15, 0.2) is 5.82 Å². The van der Waals surface area contributed by atoms with Crippen molar-refractivity contribution in [2.24, 2.45) is 5.73 Å². The second kappa shape index (κ2) is 11.8. The minimum atomic E-state index is -4.51. The van der Waals surface area contributed by atoms with Crippen LogP contribution in [0, 0.1) is 0 Å². The summed E-state index contributed by atoms with van der Waals surface area (Å²) in [6, 6.07) is 10.6. The lowest BCUT2D eigenvalue weighted by atomic mass is 10.1. The number of esters is 1. The molecule has 0 spiro atoms. The van der Waals surface area contributed by atoms with E-state index in [-0.39, 0.29) is 28.3 Å². The molecule has 41 heavy (non-hydrogen) atoms. The minimum absolute atomic E-state index is 0.0507. The number of nitrogens with two attached hydrogens (primary N) is 1. The van der Waals surface area contributed by atoms with Crippen LogP contribution in [0.25, 0.3) is 22.5 Å². The van der Waals surface area contributed by atoms with Crippen LogP contribution in [0.3, 0.4) is 0 Å². The molecule has 0 atom stereocenters. The number of H-pyrrole nitrogens is 2. The highest BCUT2D eigenvalue weighted by atomic mass is 19.4. The van der Waals surface area contributed by atoms with Gasteiger partial charge in [-0.05, 0) is 24.3 Å². The number of amides is 1. The van der Waals surface area contributed by atoms with E-state index in [4.69, 9.17) is 5.73 Å². The fourth-order valence-corrected chi connectivity index (χ4v) is 3.23. The number of benzene rings is 2. The summed E-state index contributed by atoms with van der Waals surface area (Å²) in [5.74, 6) is -2.65. The Hall–Kier alpha value is -5.28. The zero-order valence-electron chi connectivity index (χ0n) is 20.6. The molecular formula is C25H17F6N5O5. The number of carbonyl (C=O) groups excluding carboxylic acids is 2. The number of aromatic amines is 2. The van der Waals surface area contributed by atoms with E-state index in [2.05, 4.69) is 24.7 Å². The van der Waals surface area contributed by atoms with Crippen molar-refractivity contribution in [3.63, 3.8) is 0 Å². The van der Waals surface area contributed by atoms with Crippen LogP contribution in [0.15, 0.2) is 70.3 Å². The van der Waals surface area contributed by atoms with E-state index in [1.165, 1.54) is 24.3 Å². The van der Waals surface area contributed by atoms with Gasteiger partial charge in [0.1, 0.15) is 0 Å². The number of methoxy groups -OCH3 is 1. The largest absolute Gasteiger partial charge is 0.463 e. The van der Waals surface area contributed by atoms with Gasteiger partial charge in [0.05, 0.1) is 29.6 Å². The summed E-state index contributed by atoms with van der Waals surface area (Å²) in [6.45, 7) is 0. The molecule has 10 nitrogen and oxygen atoms in total. The van der Waals surface area contributed by atoms with Crippen LogP contribution < -0.4 is 16.9 Å². The van der Waals surface area contributed by atoms with Crippen molar-refractivity contribution < 1.29 is 40.7 Å². The normalized spacial score (nSPS) is 11.3. The lowest BCUT2D eigenvalue weighted by Gasteiger charge is -2.08. The van der Waals surface area contributed by atoms with Crippen molar-refractivity contribution in [3.05, 3.63) is 104 Å². The van der Waals surface area contributed by atoms with Gasteiger partial charge < -0.3 is 20.4 Å². The number of halogens is 6. The number of rotatable bonds is 4. The van der Waals surface area contributed by atoms with Crippen molar-refractivity contribution in [2.45, 2.75) is 12.4 Å². The molecule has 16 heteroatoms. The summed E-state index contributed by atoms with van der Waals surface area (Å²) >= 11 is 0. The molecule has 4 rings (SSSR count). The number of nitrogens with zero attached hydrogens (tertiary/aromatic N) is 2. The van der Waals surface area contributed by atoms with E-state index in [0.717, 1.165) is 43.5 Å². The van der Waals surface area contributed by atoms with Gasteiger partial charge in [-0.1, -0.05) is 24.3 Å². The van der Waals surface area contributed by atoms with E-state index >= 15 is 0 Å². The number of primary amides is 1.